The third kappa shape index (κ3) is 11.9. The van der Waals surface area contributed by atoms with Crippen molar-refractivity contribution in [2.24, 2.45) is 0 Å². The topological polar surface area (TPSA) is 122 Å². The van der Waals surface area contributed by atoms with Gasteiger partial charge in [0.15, 0.2) is 5.78 Å². The molecule has 3 aromatic carbocycles. The number of hydrogen-bond acceptors (Lipinski definition) is 8. The lowest BCUT2D eigenvalue weighted by Crippen LogP contribution is -2.49. The van der Waals surface area contributed by atoms with Gasteiger partial charge in [-0.3, -0.25) is 14.4 Å². The normalized spacial score (nSPS) is 15.8. The number of ether oxygens (including phenoxy) is 1. The minimum absolute atomic E-state index is 0.128. The summed E-state index contributed by atoms with van der Waals surface area (Å²) in [6, 6.07) is 25.8. The largest absolute Gasteiger partial charge is 0.425 e. The summed E-state index contributed by atoms with van der Waals surface area (Å²) in [5.41, 5.74) is 1.26. The third-order valence-electron chi connectivity index (χ3n) is 9.64. The highest BCUT2D eigenvalue weighted by Crippen LogP contribution is 2.30. The van der Waals surface area contributed by atoms with Gasteiger partial charge in [0.05, 0.1) is 6.04 Å². The first-order chi connectivity index (χ1) is 24.9. The maximum absolute atomic E-state index is 13.7. The number of para-hydroxylation sites is 1. The quantitative estimate of drug-likeness (QED) is 0.106. The fourth-order valence-electron chi connectivity index (χ4n) is 6.95. The van der Waals surface area contributed by atoms with E-state index in [0.717, 1.165) is 74.7 Å². The SMILES string of the molecule is O=C(CN(CC(=O)ON(C1CCCCC1)C1CCCCC1)C(=O)CCC(=O)C(Cc1ccccc1)NC(=O)c1ccccc1)Oc1ccccc1. The molecule has 51 heavy (non-hydrogen) atoms. The van der Waals surface area contributed by atoms with Gasteiger partial charge in [-0.05, 0) is 61.9 Å². The summed E-state index contributed by atoms with van der Waals surface area (Å²) in [7, 11) is 0. The highest BCUT2D eigenvalue weighted by molar-refractivity contribution is 5.98. The Bertz CT molecular complexity index is 1550. The van der Waals surface area contributed by atoms with Gasteiger partial charge in [-0.25, -0.2) is 9.59 Å². The maximum atomic E-state index is 13.7. The van der Waals surface area contributed by atoms with Gasteiger partial charge in [-0.1, -0.05) is 105 Å². The van der Waals surface area contributed by atoms with Crippen LogP contribution in [-0.2, 0) is 30.4 Å². The Labute approximate surface area is 300 Å². The lowest BCUT2D eigenvalue weighted by Gasteiger charge is -2.39. The first kappa shape index (κ1) is 37.4. The van der Waals surface area contributed by atoms with Gasteiger partial charge >= 0.3 is 11.9 Å². The molecule has 2 saturated carbocycles. The molecule has 2 aliphatic rings. The van der Waals surface area contributed by atoms with Crippen molar-refractivity contribution in [2.75, 3.05) is 13.1 Å². The van der Waals surface area contributed by atoms with Crippen LogP contribution in [0.3, 0.4) is 0 Å². The summed E-state index contributed by atoms with van der Waals surface area (Å²) in [6.07, 6.45) is 10.2. The Morgan fingerprint density at radius 3 is 1.76 bits per heavy atom. The van der Waals surface area contributed by atoms with Crippen molar-refractivity contribution in [1.29, 1.82) is 0 Å². The number of Topliss-reactive ketones (excluding diaryl/α,β-unsaturated/α-hetero) is 1. The Hall–Kier alpha value is -4.83. The van der Waals surface area contributed by atoms with E-state index in [2.05, 4.69) is 5.32 Å². The second kappa shape index (κ2) is 19.5. The molecule has 1 atom stereocenters. The number of carbonyl (C=O) groups is 5. The number of benzene rings is 3. The van der Waals surface area contributed by atoms with Crippen molar-refractivity contribution in [3.05, 3.63) is 102 Å². The zero-order valence-electron chi connectivity index (χ0n) is 29.3. The van der Waals surface area contributed by atoms with Crippen LogP contribution in [0.5, 0.6) is 5.75 Å². The predicted octanol–water partition coefficient (Wildman–Crippen LogP) is 6.24. The molecular formula is C41H49N3O7. The summed E-state index contributed by atoms with van der Waals surface area (Å²) in [5.74, 6) is -2.35. The minimum atomic E-state index is -0.895. The van der Waals surface area contributed by atoms with E-state index >= 15 is 0 Å². The molecule has 0 saturated heterocycles. The fourth-order valence-corrected chi connectivity index (χ4v) is 6.95. The van der Waals surface area contributed by atoms with Crippen LogP contribution in [0.2, 0.25) is 0 Å². The van der Waals surface area contributed by atoms with Gasteiger partial charge in [0.2, 0.25) is 5.91 Å². The van der Waals surface area contributed by atoms with E-state index < -0.39 is 42.9 Å². The van der Waals surface area contributed by atoms with Crippen molar-refractivity contribution < 1.29 is 33.5 Å². The number of nitrogens with one attached hydrogen (secondary N) is 1. The van der Waals surface area contributed by atoms with Gasteiger partial charge in [0.25, 0.3) is 5.91 Å². The van der Waals surface area contributed by atoms with Crippen LogP contribution in [0.1, 0.15) is 93.0 Å². The van der Waals surface area contributed by atoms with Crippen LogP contribution in [0.4, 0.5) is 0 Å². The number of esters is 1. The van der Waals surface area contributed by atoms with Crippen molar-refractivity contribution in [1.82, 2.24) is 15.3 Å². The van der Waals surface area contributed by atoms with E-state index in [-0.39, 0.29) is 37.1 Å². The number of nitrogens with zero attached hydrogens (tertiary/aromatic N) is 2. The second-order valence-electron chi connectivity index (χ2n) is 13.5. The summed E-state index contributed by atoms with van der Waals surface area (Å²) >= 11 is 0. The van der Waals surface area contributed by atoms with Crippen LogP contribution >= 0.6 is 0 Å². The first-order valence-corrected chi connectivity index (χ1v) is 18.3. The van der Waals surface area contributed by atoms with E-state index in [4.69, 9.17) is 9.57 Å². The summed E-state index contributed by atoms with van der Waals surface area (Å²) in [4.78, 5) is 74.2. The van der Waals surface area contributed by atoms with Gasteiger partial charge in [-0.2, -0.15) is 0 Å². The Morgan fingerprint density at radius 1 is 0.647 bits per heavy atom. The molecule has 0 aliphatic heterocycles. The second-order valence-corrected chi connectivity index (χ2v) is 13.5. The first-order valence-electron chi connectivity index (χ1n) is 18.3. The van der Waals surface area contributed by atoms with Crippen molar-refractivity contribution >= 4 is 29.5 Å². The van der Waals surface area contributed by atoms with Crippen molar-refractivity contribution in [3.8, 4) is 5.75 Å². The van der Waals surface area contributed by atoms with Gasteiger partial charge in [0, 0.05) is 30.5 Å². The smallest absolute Gasteiger partial charge is 0.344 e. The molecule has 0 heterocycles. The lowest BCUT2D eigenvalue weighted by molar-refractivity contribution is -0.223. The molecule has 10 nitrogen and oxygen atoms in total. The number of ketones is 1. The highest BCUT2D eigenvalue weighted by atomic mass is 16.7. The van der Waals surface area contributed by atoms with Gasteiger partial charge < -0.3 is 19.8 Å². The molecule has 5 rings (SSSR count). The number of hydroxylamine groups is 2. The average Bonchev–Trinajstić information content (AvgIpc) is 3.17. The number of carbonyl (C=O) groups excluding carboxylic acids is 5. The molecule has 2 aliphatic carbocycles. The highest BCUT2D eigenvalue weighted by Gasteiger charge is 2.33. The molecule has 0 spiro atoms. The van der Waals surface area contributed by atoms with Crippen molar-refractivity contribution in [2.45, 2.75) is 102 Å². The van der Waals surface area contributed by atoms with Crippen LogP contribution in [0, 0.1) is 0 Å². The summed E-state index contributed by atoms with van der Waals surface area (Å²) in [6.45, 7) is -0.965. The average molecular weight is 696 g/mol. The number of hydrogen-bond donors (Lipinski definition) is 1. The zero-order valence-corrected chi connectivity index (χ0v) is 29.3. The standard InChI is InChI=1S/C41H49N3O7/c45-37(36(28-31-16-6-1-7-17-31)42-41(49)32-18-8-2-9-19-32)26-27-38(46)43(29-39(47)50-35-24-14-5-15-25-35)30-40(48)51-44(33-20-10-3-11-21-33)34-22-12-4-13-23-34/h1-2,5-9,14-19,24-25,33-34,36H,3-4,10-13,20-23,26-30H2,(H,42,49). The van der Waals surface area contributed by atoms with Crippen LogP contribution < -0.4 is 10.1 Å². The molecule has 10 heteroatoms. The lowest BCUT2D eigenvalue weighted by atomic mass is 9.90. The molecule has 2 amide bonds. The van der Waals surface area contributed by atoms with Crippen LogP contribution in [-0.4, -0.2) is 70.7 Å². The Balaban J connectivity index is 1.27. The third-order valence-corrected chi connectivity index (χ3v) is 9.64. The van der Waals surface area contributed by atoms with Gasteiger partial charge in [0.1, 0.15) is 18.8 Å². The van der Waals surface area contributed by atoms with Gasteiger partial charge in [-0.15, -0.1) is 5.06 Å². The Kier molecular flexibility index (Phi) is 14.3. The summed E-state index contributed by atoms with van der Waals surface area (Å²) in [5, 5.41) is 4.73. The van der Waals surface area contributed by atoms with Crippen molar-refractivity contribution in [3.63, 3.8) is 0 Å². The molecule has 2 fully saturated rings. The molecular weight excluding hydrogens is 646 g/mol. The molecule has 0 bridgehead atoms. The molecule has 1 N–H and O–H groups in total. The minimum Gasteiger partial charge on any atom is -0.425 e. The van der Waals surface area contributed by atoms with Crippen LogP contribution in [0.25, 0.3) is 0 Å². The molecule has 3 aromatic rings. The number of amides is 2. The fraction of sp³-hybridized carbons (Fsp3) is 0.439. The van der Waals surface area contributed by atoms with E-state index in [0.29, 0.717) is 11.3 Å². The molecule has 0 aromatic heterocycles. The summed E-state index contributed by atoms with van der Waals surface area (Å²) < 4.78 is 5.45. The van der Waals surface area contributed by atoms with Crippen LogP contribution in [0.15, 0.2) is 91.0 Å². The Morgan fingerprint density at radius 2 is 1.18 bits per heavy atom. The molecule has 1 unspecified atom stereocenters. The van der Waals surface area contributed by atoms with E-state index in [1.54, 1.807) is 60.7 Å². The monoisotopic (exact) mass is 695 g/mol. The molecule has 0 radical (unpaired) electrons. The van der Waals surface area contributed by atoms with E-state index in [1.807, 2.05) is 35.4 Å². The maximum Gasteiger partial charge on any atom is 0.344 e. The number of rotatable bonds is 16. The molecule has 270 valence electrons. The van der Waals surface area contributed by atoms with E-state index in [1.165, 1.54) is 0 Å². The predicted molar refractivity (Wildman–Crippen MR) is 192 cm³/mol. The zero-order chi connectivity index (χ0) is 35.8. The van der Waals surface area contributed by atoms with E-state index in [9.17, 15) is 24.0 Å².